The molecule has 1 unspecified atom stereocenters. The van der Waals surface area contributed by atoms with Crippen molar-refractivity contribution in [1.82, 2.24) is 0 Å². The molecule has 2 aromatic carbocycles. The summed E-state index contributed by atoms with van der Waals surface area (Å²) in [6, 6.07) is 18.8. The van der Waals surface area contributed by atoms with Crippen molar-refractivity contribution in [3.8, 4) is 11.3 Å². The second-order valence-corrected chi connectivity index (χ2v) is 4.97. The molecule has 0 amide bonds. The molecular formula is C17H17NO. The second-order valence-electron chi connectivity index (χ2n) is 4.97. The molecular weight excluding hydrogens is 234 g/mol. The zero-order chi connectivity index (χ0) is 13.2. The number of hydrogen-bond donors (Lipinski definition) is 1. The highest BCUT2D eigenvalue weighted by Gasteiger charge is 2.09. The van der Waals surface area contributed by atoms with Gasteiger partial charge in [0, 0.05) is 18.0 Å². The Kier molecular flexibility index (Phi) is 3.10. The van der Waals surface area contributed by atoms with E-state index < -0.39 is 0 Å². The fraction of sp³-hybridized carbons (Fsp3) is 0.176. The molecule has 3 rings (SSSR count). The predicted octanol–water partition coefficient (Wildman–Crippen LogP) is 3.99. The highest BCUT2D eigenvalue weighted by atomic mass is 16.3. The molecule has 0 fully saturated rings. The summed E-state index contributed by atoms with van der Waals surface area (Å²) in [6.07, 6.45) is 0.769. The number of furan rings is 1. The van der Waals surface area contributed by atoms with Crippen molar-refractivity contribution in [2.24, 2.45) is 5.73 Å². The van der Waals surface area contributed by atoms with Crippen LogP contribution in [0.25, 0.3) is 22.1 Å². The van der Waals surface area contributed by atoms with Gasteiger partial charge in [0.2, 0.25) is 0 Å². The molecule has 2 nitrogen and oxygen atoms in total. The summed E-state index contributed by atoms with van der Waals surface area (Å²) in [7, 11) is 0. The third kappa shape index (κ3) is 2.40. The molecule has 2 heteroatoms. The summed E-state index contributed by atoms with van der Waals surface area (Å²) < 4.78 is 5.91. The van der Waals surface area contributed by atoms with Crippen molar-refractivity contribution in [2.45, 2.75) is 19.4 Å². The summed E-state index contributed by atoms with van der Waals surface area (Å²) in [5.74, 6) is 1.85. The van der Waals surface area contributed by atoms with Gasteiger partial charge >= 0.3 is 0 Å². The maximum Gasteiger partial charge on any atom is 0.134 e. The molecule has 1 aromatic heterocycles. The van der Waals surface area contributed by atoms with Gasteiger partial charge < -0.3 is 10.2 Å². The van der Waals surface area contributed by atoms with Crippen LogP contribution in [0.2, 0.25) is 0 Å². The van der Waals surface area contributed by atoms with Crippen molar-refractivity contribution < 1.29 is 4.42 Å². The van der Waals surface area contributed by atoms with E-state index in [2.05, 4.69) is 42.5 Å². The van der Waals surface area contributed by atoms with E-state index in [9.17, 15) is 0 Å². The van der Waals surface area contributed by atoms with Gasteiger partial charge in [0.1, 0.15) is 11.5 Å². The van der Waals surface area contributed by atoms with Crippen molar-refractivity contribution in [3.63, 3.8) is 0 Å². The Morgan fingerprint density at radius 2 is 1.79 bits per heavy atom. The van der Waals surface area contributed by atoms with Crippen LogP contribution >= 0.6 is 0 Å². The largest absolute Gasteiger partial charge is 0.461 e. The van der Waals surface area contributed by atoms with Crippen LogP contribution in [0.15, 0.2) is 59.0 Å². The first-order chi connectivity index (χ1) is 9.24. The highest BCUT2D eigenvalue weighted by molar-refractivity contribution is 5.95. The summed E-state index contributed by atoms with van der Waals surface area (Å²) in [6.45, 7) is 1.99. The lowest BCUT2D eigenvalue weighted by Crippen LogP contribution is -2.17. The Labute approximate surface area is 112 Å². The number of nitrogens with two attached hydrogens (primary N) is 1. The molecule has 3 aromatic rings. The molecule has 1 atom stereocenters. The van der Waals surface area contributed by atoms with Gasteiger partial charge in [0.25, 0.3) is 0 Å². The molecule has 0 aliphatic heterocycles. The molecule has 2 N–H and O–H groups in total. The molecule has 0 spiro atoms. The summed E-state index contributed by atoms with van der Waals surface area (Å²) in [5, 5.41) is 2.44. The van der Waals surface area contributed by atoms with Gasteiger partial charge in [0.05, 0.1) is 0 Å². The summed E-state index contributed by atoms with van der Waals surface area (Å²) in [4.78, 5) is 0. The van der Waals surface area contributed by atoms with Gasteiger partial charge in [-0.3, -0.25) is 0 Å². The molecule has 0 saturated heterocycles. The molecule has 19 heavy (non-hydrogen) atoms. The molecule has 96 valence electrons. The van der Waals surface area contributed by atoms with E-state index in [-0.39, 0.29) is 6.04 Å². The topological polar surface area (TPSA) is 39.2 Å². The Morgan fingerprint density at radius 3 is 2.63 bits per heavy atom. The lowest BCUT2D eigenvalue weighted by atomic mass is 10.0. The van der Waals surface area contributed by atoms with E-state index in [4.69, 9.17) is 10.2 Å². The van der Waals surface area contributed by atoms with Crippen molar-refractivity contribution in [3.05, 3.63) is 60.4 Å². The van der Waals surface area contributed by atoms with Crippen LogP contribution in [0.5, 0.6) is 0 Å². The van der Waals surface area contributed by atoms with Crippen LogP contribution in [-0.4, -0.2) is 6.04 Å². The monoisotopic (exact) mass is 251 g/mol. The van der Waals surface area contributed by atoms with E-state index in [0.717, 1.165) is 23.5 Å². The minimum atomic E-state index is 0.117. The van der Waals surface area contributed by atoms with Crippen LogP contribution in [-0.2, 0) is 6.42 Å². The molecule has 0 saturated carbocycles. The van der Waals surface area contributed by atoms with Gasteiger partial charge in [-0.05, 0) is 29.8 Å². The van der Waals surface area contributed by atoms with Crippen molar-refractivity contribution in [1.29, 1.82) is 0 Å². The summed E-state index contributed by atoms with van der Waals surface area (Å²) in [5.41, 5.74) is 6.94. The molecule has 0 aliphatic rings. The van der Waals surface area contributed by atoms with E-state index in [1.54, 1.807) is 0 Å². The average molecular weight is 251 g/mol. The number of benzene rings is 2. The van der Waals surface area contributed by atoms with Gasteiger partial charge in [-0.25, -0.2) is 0 Å². The number of hydrogen-bond acceptors (Lipinski definition) is 2. The first kappa shape index (κ1) is 12.0. The molecule has 1 heterocycles. The second kappa shape index (κ2) is 4.90. The van der Waals surface area contributed by atoms with Crippen molar-refractivity contribution in [2.75, 3.05) is 0 Å². The smallest absolute Gasteiger partial charge is 0.134 e. The van der Waals surface area contributed by atoms with Gasteiger partial charge in [-0.15, -0.1) is 0 Å². The van der Waals surface area contributed by atoms with Gasteiger partial charge in [-0.1, -0.05) is 42.5 Å². The fourth-order valence-electron chi connectivity index (χ4n) is 2.39. The van der Waals surface area contributed by atoms with E-state index in [1.165, 1.54) is 10.8 Å². The maximum absolute atomic E-state index is 5.91. The standard InChI is InChI=1S/C17H17NO/c1-12(18)11-14-9-10-17(19-14)16-8-4-6-13-5-2-3-7-15(13)16/h2-10,12H,11,18H2,1H3. The van der Waals surface area contributed by atoms with Crippen LogP contribution in [0.3, 0.4) is 0 Å². The summed E-state index contributed by atoms with van der Waals surface area (Å²) >= 11 is 0. The fourth-order valence-corrected chi connectivity index (χ4v) is 2.39. The average Bonchev–Trinajstić information content (AvgIpc) is 2.85. The number of rotatable bonds is 3. The minimum Gasteiger partial charge on any atom is -0.461 e. The first-order valence-electron chi connectivity index (χ1n) is 6.56. The predicted molar refractivity (Wildman–Crippen MR) is 79.0 cm³/mol. The van der Waals surface area contributed by atoms with Gasteiger partial charge in [-0.2, -0.15) is 0 Å². The van der Waals surface area contributed by atoms with Crippen molar-refractivity contribution >= 4 is 10.8 Å². The minimum absolute atomic E-state index is 0.117. The Bertz CT molecular complexity index is 692. The van der Waals surface area contributed by atoms with E-state index in [0.29, 0.717) is 0 Å². The van der Waals surface area contributed by atoms with Crippen LogP contribution < -0.4 is 5.73 Å². The maximum atomic E-state index is 5.91. The van der Waals surface area contributed by atoms with E-state index >= 15 is 0 Å². The highest BCUT2D eigenvalue weighted by Crippen LogP contribution is 2.30. The number of fused-ring (bicyclic) bond motifs is 1. The van der Waals surface area contributed by atoms with Crippen LogP contribution in [0, 0.1) is 0 Å². The zero-order valence-electron chi connectivity index (χ0n) is 11.0. The van der Waals surface area contributed by atoms with Crippen LogP contribution in [0.1, 0.15) is 12.7 Å². The molecule has 0 aliphatic carbocycles. The first-order valence-corrected chi connectivity index (χ1v) is 6.56. The molecule has 0 radical (unpaired) electrons. The Hall–Kier alpha value is -2.06. The van der Waals surface area contributed by atoms with Gasteiger partial charge in [0.15, 0.2) is 0 Å². The zero-order valence-corrected chi connectivity index (χ0v) is 11.0. The Balaban J connectivity index is 2.06. The van der Waals surface area contributed by atoms with Crippen LogP contribution in [0.4, 0.5) is 0 Å². The Morgan fingerprint density at radius 1 is 1.00 bits per heavy atom. The SMILES string of the molecule is CC(N)Cc1ccc(-c2cccc3ccccc23)o1. The third-order valence-corrected chi connectivity index (χ3v) is 3.24. The molecule has 0 bridgehead atoms. The van der Waals surface area contributed by atoms with E-state index in [1.807, 2.05) is 19.1 Å². The lowest BCUT2D eigenvalue weighted by Gasteiger charge is -2.04. The normalized spacial score (nSPS) is 12.7. The third-order valence-electron chi connectivity index (χ3n) is 3.24. The quantitative estimate of drug-likeness (QED) is 0.764. The lowest BCUT2D eigenvalue weighted by molar-refractivity contribution is 0.503.